The molecule has 1 aromatic rings. The largest absolute Gasteiger partial charge is 0.369 e. The second-order valence-corrected chi connectivity index (χ2v) is 7.65. The lowest BCUT2D eigenvalue weighted by Gasteiger charge is -2.31. The summed E-state index contributed by atoms with van der Waals surface area (Å²) in [5.74, 6) is 0.419. The third-order valence-corrected chi connectivity index (χ3v) is 5.18. The summed E-state index contributed by atoms with van der Waals surface area (Å²) in [4.78, 5) is 16.1. The fourth-order valence-corrected chi connectivity index (χ4v) is 3.36. The molecule has 0 spiro atoms. The number of hydrogen-bond acceptors (Lipinski definition) is 2. The highest BCUT2D eigenvalue weighted by Gasteiger charge is 2.35. The third-order valence-electron chi connectivity index (χ3n) is 5.18. The first-order valence-electron chi connectivity index (χ1n) is 9.27. The van der Waals surface area contributed by atoms with Gasteiger partial charge in [-0.3, -0.25) is 9.79 Å². The molecule has 25 heavy (non-hydrogen) atoms. The van der Waals surface area contributed by atoms with Crippen molar-refractivity contribution in [2.24, 2.45) is 16.1 Å². The zero-order valence-electron chi connectivity index (χ0n) is 15.8. The number of nitrogens with two attached hydrogens (primary N) is 1. The molecule has 0 heterocycles. The van der Waals surface area contributed by atoms with E-state index in [1.807, 2.05) is 20.8 Å². The van der Waals surface area contributed by atoms with Gasteiger partial charge in [-0.05, 0) is 39.2 Å². The second kappa shape index (κ2) is 8.37. The fraction of sp³-hybridized carbons (Fsp3) is 0.600. The molecular weight excluding hydrogens is 312 g/mol. The normalized spacial score (nSPS) is 17.3. The molecule has 1 aliphatic rings. The molecule has 1 aromatic carbocycles. The Hall–Kier alpha value is -2.04. The summed E-state index contributed by atoms with van der Waals surface area (Å²) in [6, 6.07) is 10.8. The van der Waals surface area contributed by atoms with E-state index in [4.69, 9.17) is 5.73 Å². The Kier molecular flexibility index (Phi) is 6.45. The fourth-order valence-electron chi connectivity index (χ4n) is 3.36. The van der Waals surface area contributed by atoms with Crippen LogP contribution in [0.25, 0.3) is 0 Å². The van der Waals surface area contributed by atoms with Crippen molar-refractivity contribution in [1.82, 2.24) is 10.6 Å². The molecule has 0 unspecified atom stereocenters. The van der Waals surface area contributed by atoms with Crippen molar-refractivity contribution in [3.63, 3.8) is 0 Å². The number of carbonyl (C=O) groups is 1. The highest BCUT2D eigenvalue weighted by atomic mass is 16.1. The van der Waals surface area contributed by atoms with Crippen molar-refractivity contribution in [3.8, 4) is 0 Å². The molecule has 1 fully saturated rings. The lowest BCUT2D eigenvalue weighted by atomic mass is 9.79. The molecule has 1 saturated carbocycles. The molecule has 0 aromatic heterocycles. The van der Waals surface area contributed by atoms with Gasteiger partial charge in [0.15, 0.2) is 5.96 Å². The molecular formula is C20H32N4O. The van der Waals surface area contributed by atoms with Gasteiger partial charge in [0, 0.05) is 18.5 Å². The van der Waals surface area contributed by atoms with Crippen LogP contribution in [-0.4, -0.2) is 31.5 Å². The van der Waals surface area contributed by atoms with Gasteiger partial charge in [-0.25, -0.2) is 0 Å². The van der Waals surface area contributed by atoms with Crippen LogP contribution >= 0.6 is 0 Å². The number of nitrogens with zero attached hydrogens (tertiary/aromatic N) is 1. The SMILES string of the molecule is CCNC(=NCC(C)(C)C(N)=O)NCC1(c2ccccc2)CCCC1. The number of aliphatic imine (C=N–C) groups is 1. The Morgan fingerprint density at radius 2 is 1.84 bits per heavy atom. The standard InChI is InChI=1S/C20H32N4O/c1-4-22-18(23-14-19(2,3)17(21)25)24-15-20(12-8-9-13-20)16-10-6-5-7-11-16/h5-7,10-11H,4,8-9,12-15H2,1-3H3,(H2,21,25)(H2,22,23,24). The van der Waals surface area contributed by atoms with Crippen molar-refractivity contribution in [2.75, 3.05) is 19.6 Å². The summed E-state index contributed by atoms with van der Waals surface area (Å²) in [5, 5.41) is 6.77. The van der Waals surface area contributed by atoms with E-state index >= 15 is 0 Å². The summed E-state index contributed by atoms with van der Waals surface area (Å²) in [5.41, 5.74) is 6.37. The summed E-state index contributed by atoms with van der Waals surface area (Å²) < 4.78 is 0. The van der Waals surface area contributed by atoms with Crippen LogP contribution in [0.2, 0.25) is 0 Å². The number of carbonyl (C=O) groups excluding carboxylic acids is 1. The molecule has 138 valence electrons. The minimum absolute atomic E-state index is 0.163. The monoisotopic (exact) mass is 344 g/mol. The van der Waals surface area contributed by atoms with Crippen LogP contribution in [0.1, 0.15) is 52.0 Å². The van der Waals surface area contributed by atoms with E-state index in [2.05, 4.69) is 46.0 Å². The van der Waals surface area contributed by atoms with Gasteiger partial charge in [-0.15, -0.1) is 0 Å². The van der Waals surface area contributed by atoms with E-state index in [-0.39, 0.29) is 11.3 Å². The average Bonchev–Trinajstić information content (AvgIpc) is 3.08. The first-order valence-corrected chi connectivity index (χ1v) is 9.27. The van der Waals surface area contributed by atoms with Crippen LogP contribution in [0.5, 0.6) is 0 Å². The van der Waals surface area contributed by atoms with Crippen LogP contribution in [-0.2, 0) is 10.2 Å². The van der Waals surface area contributed by atoms with Crippen molar-refractivity contribution in [2.45, 2.75) is 51.9 Å². The number of rotatable bonds is 7. The van der Waals surface area contributed by atoms with E-state index in [1.165, 1.54) is 31.2 Å². The van der Waals surface area contributed by atoms with Gasteiger partial charge in [-0.1, -0.05) is 43.2 Å². The third kappa shape index (κ3) is 4.97. The van der Waals surface area contributed by atoms with E-state index in [0.717, 1.165) is 19.0 Å². The maximum atomic E-state index is 11.5. The summed E-state index contributed by atoms with van der Waals surface area (Å²) in [6.07, 6.45) is 4.91. The number of benzene rings is 1. The van der Waals surface area contributed by atoms with Gasteiger partial charge in [0.25, 0.3) is 0 Å². The van der Waals surface area contributed by atoms with Gasteiger partial charge >= 0.3 is 0 Å². The molecule has 0 atom stereocenters. The van der Waals surface area contributed by atoms with Crippen LogP contribution in [0, 0.1) is 5.41 Å². The lowest BCUT2D eigenvalue weighted by molar-refractivity contribution is -0.125. The Bertz CT molecular complexity index is 589. The highest BCUT2D eigenvalue weighted by molar-refractivity contribution is 5.82. The predicted molar refractivity (Wildman–Crippen MR) is 104 cm³/mol. The Morgan fingerprint density at radius 3 is 2.40 bits per heavy atom. The number of primary amides is 1. The van der Waals surface area contributed by atoms with Crippen LogP contribution < -0.4 is 16.4 Å². The minimum Gasteiger partial charge on any atom is -0.369 e. The molecule has 0 bridgehead atoms. The number of guanidine groups is 1. The maximum absolute atomic E-state index is 11.5. The molecule has 5 nitrogen and oxygen atoms in total. The van der Waals surface area contributed by atoms with Crippen molar-refractivity contribution >= 4 is 11.9 Å². The van der Waals surface area contributed by atoms with Gasteiger partial charge in [0.05, 0.1) is 12.0 Å². The molecule has 0 radical (unpaired) electrons. The summed E-state index contributed by atoms with van der Waals surface area (Å²) in [7, 11) is 0. The summed E-state index contributed by atoms with van der Waals surface area (Å²) >= 11 is 0. The van der Waals surface area contributed by atoms with Crippen molar-refractivity contribution in [3.05, 3.63) is 35.9 Å². The van der Waals surface area contributed by atoms with Crippen molar-refractivity contribution < 1.29 is 4.79 Å². The molecule has 0 saturated heterocycles. The zero-order chi connectivity index (χ0) is 18.3. The molecule has 4 N–H and O–H groups in total. The van der Waals surface area contributed by atoms with E-state index in [1.54, 1.807) is 0 Å². The van der Waals surface area contributed by atoms with Crippen LogP contribution in [0.15, 0.2) is 35.3 Å². The van der Waals surface area contributed by atoms with Crippen LogP contribution in [0.3, 0.4) is 0 Å². The Labute approximate surface area is 151 Å². The average molecular weight is 345 g/mol. The number of nitrogens with one attached hydrogen (secondary N) is 2. The predicted octanol–water partition coefficient (Wildman–Crippen LogP) is 2.57. The van der Waals surface area contributed by atoms with Gasteiger partial charge < -0.3 is 16.4 Å². The Morgan fingerprint density at radius 1 is 1.20 bits per heavy atom. The molecule has 5 heteroatoms. The smallest absolute Gasteiger partial charge is 0.224 e. The molecule has 0 aliphatic heterocycles. The maximum Gasteiger partial charge on any atom is 0.224 e. The first kappa shape index (κ1) is 19.3. The van der Waals surface area contributed by atoms with Gasteiger partial charge in [-0.2, -0.15) is 0 Å². The Balaban J connectivity index is 2.09. The minimum atomic E-state index is -0.646. The first-order chi connectivity index (χ1) is 11.9. The second-order valence-electron chi connectivity index (χ2n) is 7.65. The summed E-state index contributed by atoms with van der Waals surface area (Å²) in [6.45, 7) is 7.69. The topological polar surface area (TPSA) is 79.5 Å². The molecule has 1 amide bonds. The van der Waals surface area contributed by atoms with Gasteiger partial charge in [0.2, 0.25) is 5.91 Å². The van der Waals surface area contributed by atoms with E-state index in [9.17, 15) is 4.79 Å². The zero-order valence-corrected chi connectivity index (χ0v) is 15.8. The molecule has 1 aliphatic carbocycles. The lowest BCUT2D eigenvalue weighted by Crippen LogP contribution is -2.45. The number of hydrogen-bond donors (Lipinski definition) is 3. The van der Waals surface area contributed by atoms with Crippen LogP contribution in [0.4, 0.5) is 0 Å². The van der Waals surface area contributed by atoms with E-state index < -0.39 is 5.41 Å². The quantitative estimate of drug-likeness (QED) is 0.525. The number of amides is 1. The van der Waals surface area contributed by atoms with Gasteiger partial charge in [0.1, 0.15) is 0 Å². The highest BCUT2D eigenvalue weighted by Crippen LogP contribution is 2.40. The molecule has 2 rings (SSSR count). The van der Waals surface area contributed by atoms with Crippen molar-refractivity contribution in [1.29, 1.82) is 0 Å². The van der Waals surface area contributed by atoms with E-state index in [0.29, 0.717) is 6.54 Å².